The van der Waals surface area contributed by atoms with Gasteiger partial charge in [-0.25, -0.2) is 13.6 Å². The van der Waals surface area contributed by atoms with Crippen molar-refractivity contribution in [1.29, 1.82) is 0 Å². The molecule has 2 N–H and O–H groups in total. The molecule has 0 aliphatic carbocycles. The molecule has 1 aliphatic heterocycles. The van der Waals surface area contributed by atoms with Crippen LogP contribution in [0.2, 0.25) is 0 Å². The molecule has 0 spiro atoms. The second-order valence-corrected chi connectivity index (χ2v) is 7.33. The van der Waals surface area contributed by atoms with Crippen LogP contribution in [0.5, 0.6) is 0 Å². The summed E-state index contributed by atoms with van der Waals surface area (Å²) in [7, 11) is -3.84. The maximum atomic E-state index is 12.8. The highest BCUT2D eigenvalue weighted by atomic mass is 32.2. The Morgan fingerprint density at radius 1 is 1.13 bits per heavy atom. The standard InChI is InChI=1S/C17H20N2O3S/c1-3-5-6-11-7-8-12-14(23(18,21)22)10-9-13-16(12)15(11)17(20)19(13)4-2/h7-10H,3-6H2,1-2H3,(H2,18,21,22). The molecular weight excluding hydrogens is 312 g/mol. The first kappa shape index (κ1) is 16.0. The number of carbonyl (C=O) groups excluding carboxylic acids is 1. The zero-order chi connectivity index (χ0) is 16.8. The molecule has 23 heavy (non-hydrogen) atoms. The van der Waals surface area contributed by atoms with Gasteiger partial charge in [0.15, 0.2) is 0 Å². The third-order valence-electron chi connectivity index (χ3n) is 4.38. The fourth-order valence-electron chi connectivity index (χ4n) is 3.30. The summed E-state index contributed by atoms with van der Waals surface area (Å²) in [5.74, 6) is -0.0502. The van der Waals surface area contributed by atoms with Crippen LogP contribution in [-0.2, 0) is 16.4 Å². The molecule has 2 aromatic carbocycles. The van der Waals surface area contributed by atoms with E-state index in [0.29, 0.717) is 17.5 Å². The van der Waals surface area contributed by atoms with Gasteiger partial charge in [0, 0.05) is 17.3 Å². The Labute approximate surface area is 136 Å². The highest BCUT2D eigenvalue weighted by Gasteiger charge is 2.32. The van der Waals surface area contributed by atoms with Gasteiger partial charge in [-0.3, -0.25) is 4.79 Å². The SMILES string of the molecule is CCCCc1ccc2c(S(N)(=O)=O)ccc3c2c1C(=O)N3CC. The Balaban J connectivity index is 2.37. The number of sulfonamides is 1. The van der Waals surface area contributed by atoms with Crippen molar-refractivity contribution in [2.24, 2.45) is 5.14 Å². The van der Waals surface area contributed by atoms with Crippen LogP contribution in [0.3, 0.4) is 0 Å². The Hall–Kier alpha value is -1.92. The molecule has 0 aromatic heterocycles. The minimum atomic E-state index is -3.84. The van der Waals surface area contributed by atoms with E-state index in [-0.39, 0.29) is 10.8 Å². The molecule has 6 heteroatoms. The van der Waals surface area contributed by atoms with E-state index in [1.807, 2.05) is 13.0 Å². The molecule has 1 heterocycles. The zero-order valence-corrected chi connectivity index (χ0v) is 14.1. The van der Waals surface area contributed by atoms with E-state index in [0.717, 1.165) is 35.9 Å². The number of hydrogen-bond acceptors (Lipinski definition) is 3. The van der Waals surface area contributed by atoms with E-state index in [9.17, 15) is 13.2 Å². The molecule has 1 aliphatic rings. The number of nitrogens with zero attached hydrogens (tertiary/aromatic N) is 1. The van der Waals surface area contributed by atoms with Gasteiger partial charge in [0.25, 0.3) is 5.91 Å². The van der Waals surface area contributed by atoms with Crippen molar-refractivity contribution in [2.45, 2.75) is 38.0 Å². The summed E-state index contributed by atoms with van der Waals surface area (Å²) < 4.78 is 23.7. The molecule has 0 atom stereocenters. The summed E-state index contributed by atoms with van der Waals surface area (Å²) in [6, 6.07) is 6.82. The second-order valence-electron chi connectivity index (χ2n) is 5.80. The number of hydrogen-bond donors (Lipinski definition) is 1. The lowest BCUT2D eigenvalue weighted by atomic mass is 9.96. The average Bonchev–Trinajstić information content (AvgIpc) is 2.79. The van der Waals surface area contributed by atoms with Gasteiger partial charge < -0.3 is 4.90 Å². The fraction of sp³-hybridized carbons (Fsp3) is 0.353. The van der Waals surface area contributed by atoms with Gasteiger partial charge in [0.2, 0.25) is 10.0 Å². The normalized spacial score (nSPS) is 14.0. The molecule has 0 bridgehead atoms. The van der Waals surface area contributed by atoms with Crippen LogP contribution in [0.25, 0.3) is 10.8 Å². The molecule has 5 nitrogen and oxygen atoms in total. The summed E-state index contributed by atoms with van der Waals surface area (Å²) >= 11 is 0. The third kappa shape index (κ3) is 2.42. The summed E-state index contributed by atoms with van der Waals surface area (Å²) in [6.45, 7) is 4.56. The van der Waals surface area contributed by atoms with Gasteiger partial charge in [0.05, 0.1) is 16.1 Å². The van der Waals surface area contributed by atoms with Crippen LogP contribution in [-0.4, -0.2) is 20.9 Å². The van der Waals surface area contributed by atoms with Gasteiger partial charge in [-0.05, 0) is 37.5 Å². The fourth-order valence-corrected chi connectivity index (χ4v) is 4.03. The van der Waals surface area contributed by atoms with Crippen LogP contribution < -0.4 is 10.0 Å². The van der Waals surface area contributed by atoms with E-state index in [4.69, 9.17) is 5.14 Å². The third-order valence-corrected chi connectivity index (χ3v) is 5.35. The van der Waals surface area contributed by atoms with Crippen molar-refractivity contribution in [2.75, 3.05) is 11.4 Å². The summed E-state index contributed by atoms with van der Waals surface area (Å²) in [5.41, 5.74) is 2.39. The number of benzene rings is 2. The maximum absolute atomic E-state index is 12.8. The number of amides is 1. The molecule has 2 aromatic rings. The topological polar surface area (TPSA) is 80.5 Å². The number of anilines is 1. The Morgan fingerprint density at radius 2 is 1.87 bits per heavy atom. The number of nitrogens with two attached hydrogens (primary N) is 1. The monoisotopic (exact) mass is 332 g/mol. The highest BCUT2D eigenvalue weighted by molar-refractivity contribution is 7.89. The number of unbranched alkanes of at least 4 members (excludes halogenated alkanes) is 1. The Morgan fingerprint density at radius 3 is 2.48 bits per heavy atom. The molecule has 0 fully saturated rings. The first-order valence-corrected chi connectivity index (χ1v) is 9.38. The lowest BCUT2D eigenvalue weighted by Crippen LogP contribution is -2.26. The average molecular weight is 332 g/mol. The minimum Gasteiger partial charge on any atom is -0.308 e. The maximum Gasteiger partial charge on any atom is 0.259 e. The lowest BCUT2D eigenvalue weighted by Gasteiger charge is -2.15. The van der Waals surface area contributed by atoms with E-state index in [1.165, 1.54) is 6.07 Å². The van der Waals surface area contributed by atoms with Crippen molar-refractivity contribution < 1.29 is 13.2 Å². The number of carbonyl (C=O) groups is 1. The first-order valence-electron chi connectivity index (χ1n) is 7.83. The molecule has 0 saturated heterocycles. The van der Waals surface area contributed by atoms with Gasteiger partial charge in [-0.2, -0.15) is 0 Å². The van der Waals surface area contributed by atoms with Gasteiger partial charge in [0.1, 0.15) is 0 Å². The molecule has 0 unspecified atom stereocenters. The second kappa shape index (κ2) is 5.62. The zero-order valence-electron chi connectivity index (χ0n) is 13.3. The predicted molar refractivity (Wildman–Crippen MR) is 91.3 cm³/mol. The smallest absolute Gasteiger partial charge is 0.259 e. The molecule has 122 valence electrons. The van der Waals surface area contributed by atoms with Crippen LogP contribution in [0.15, 0.2) is 29.2 Å². The molecular formula is C17H20N2O3S. The minimum absolute atomic E-state index is 0.0502. The van der Waals surface area contributed by atoms with E-state index in [1.54, 1.807) is 17.0 Å². The van der Waals surface area contributed by atoms with Gasteiger partial charge >= 0.3 is 0 Å². The van der Waals surface area contributed by atoms with Crippen molar-refractivity contribution in [3.05, 3.63) is 35.4 Å². The van der Waals surface area contributed by atoms with Gasteiger partial charge in [-0.1, -0.05) is 25.5 Å². The van der Waals surface area contributed by atoms with Crippen molar-refractivity contribution in [1.82, 2.24) is 0 Å². The molecule has 1 amide bonds. The summed E-state index contributed by atoms with van der Waals surface area (Å²) in [6.07, 6.45) is 2.83. The lowest BCUT2D eigenvalue weighted by molar-refractivity contribution is 0.0993. The van der Waals surface area contributed by atoms with Crippen LogP contribution >= 0.6 is 0 Å². The quantitative estimate of drug-likeness (QED) is 0.914. The van der Waals surface area contributed by atoms with E-state index < -0.39 is 10.0 Å². The summed E-state index contributed by atoms with van der Waals surface area (Å²) in [5, 5.41) is 6.59. The van der Waals surface area contributed by atoms with Crippen LogP contribution in [0.1, 0.15) is 42.6 Å². The first-order chi connectivity index (χ1) is 10.9. The highest BCUT2D eigenvalue weighted by Crippen LogP contribution is 2.41. The van der Waals surface area contributed by atoms with Crippen LogP contribution in [0, 0.1) is 0 Å². The largest absolute Gasteiger partial charge is 0.308 e. The number of rotatable bonds is 5. The molecule has 3 rings (SSSR count). The van der Waals surface area contributed by atoms with Crippen molar-refractivity contribution >= 4 is 32.4 Å². The van der Waals surface area contributed by atoms with Crippen molar-refractivity contribution in [3.63, 3.8) is 0 Å². The van der Waals surface area contributed by atoms with E-state index in [2.05, 4.69) is 6.92 Å². The van der Waals surface area contributed by atoms with Crippen molar-refractivity contribution in [3.8, 4) is 0 Å². The Bertz CT molecular complexity index is 904. The molecule has 0 radical (unpaired) electrons. The number of aryl methyl sites for hydroxylation is 1. The molecule has 0 saturated carbocycles. The number of primary sulfonamides is 1. The van der Waals surface area contributed by atoms with Crippen LogP contribution in [0.4, 0.5) is 5.69 Å². The predicted octanol–water partition coefficient (Wildman–Crippen LogP) is 2.81. The Kier molecular flexibility index (Phi) is 3.90. The van der Waals surface area contributed by atoms with E-state index >= 15 is 0 Å². The summed E-state index contributed by atoms with van der Waals surface area (Å²) in [4.78, 5) is 14.6. The van der Waals surface area contributed by atoms with Gasteiger partial charge in [-0.15, -0.1) is 0 Å².